The third-order valence-corrected chi connectivity index (χ3v) is 6.81. The molecule has 0 saturated heterocycles. The molecule has 5 heteroatoms. The maximum atomic E-state index is 9.40. The Morgan fingerprint density at radius 3 is 2.24 bits per heavy atom. The van der Waals surface area contributed by atoms with Crippen molar-refractivity contribution in [3.8, 4) is 0 Å². The zero-order valence-electron chi connectivity index (χ0n) is 15.0. The highest BCUT2D eigenvalue weighted by molar-refractivity contribution is 6.37. The lowest BCUT2D eigenvalue weighted by molar-refractivity contribution is 0.151. The Bertz CT molecular complexity index is 397. The maximum Gasteiger partial charge on any atom is 0.0689 e. The quantitative estimate of drug-likeness (QED) is 0.311. The number of halogens is 4. The number of aliphatic hydroxyl groups is 1. The third-order valence-electron chi connectivity index (χ3n) is 4.65. The molecule has 4 atom stereocenters. The molecule has 0 radical (unpaired) electrons. The van der Waals surface area contributed by atoms with Crippen LogP contribution >= 0.6 is 46.4 Å². The molecule has 146 valence electrons. The van der Waals surface area contributed by atoms with Gasteiger partial charge in [0.1, 0.15) is 0 Å². The summed E-state index contributed by atoms with van der Waals surface area (Å²) < 4.78 is 0. The smallest absolute Gasteiger partial charge is 0.0689 e. The van der Waals surface area contributed by atoms with Crippen LogP contribution in [0.4, 0.5) is 0 Å². The fourth-order valence-corrected chi connectivity index (χ4v) is 3.98. The Balaban J connectivity index is 0.000000257. The first-order chi connectivity index (χ1) is 12.0. The van der Waals surface area contributed by atoms with Crippen LogP contribution < -0.4 is 0 Å². The molecular formula is C20H32Cl4O. The van der Waals surface area contributed by atoms with Crippen LogP contribution in [0.2, 0.25) is 0 Å². The van der Waals surface area contributed by atoms with Gasteiger partial charge in [0, 0.05) is 10.4 Å². The Morgan fingerprint density at radius 1 is 0.720 bits per heavy atom. The zero-order chi connectivity index (χ0) is 18.5. The van der Waals surface area contributed by atoms with Crippen LogP contribution in [0.5, 0.6) is 0 Å². The number of hydrogen-bond donors (Lipinski definition) is 1. The summed E-state index contributed by atoms with van der Waals surface area (Å²) in [5, 5.41) is 10.2. The van der Waals surface area contributed by atoms with Gasteiger partial charge >= 0.3 is 0 Å². The van der Waals surface area contributed by atoms with Gasteiger partial charge in [0.15, 0.2) is 0 Å². The molecule has 0 heterocycles. The number of aliphatic hydroxyl groups excluding tert-OH is 1. The molecule has 25 heavy (non-hydrogen) atoms. The fourth-order valence-electron chi connectivity index (χ4n) is 2.99. The summed E-state index contributed by atoms with van der Waals surface area (Å²) >= 11 is 24.3. The second-order valence-electron chi connectivity index (χ2n) is 6.94. The summed E-state index contributed by atoms with van der Waals surface area (Å²) in [6.45, 7) is 0. The second kappa shape index (κ2) is 14.6. The molecule has 2 aliphatic rings. The predicted octanol–water partition coefficient (Wildman–Crippen LogP) is 7.54. The summed E-state index contributed by atoms with van der Waals surface area (Å²) in [6, 6.07) is 0. The van der Waals surface area contributed by atoms with E-state index in [1.165, 1.54) is 25.7 Å². The number of rotatable bonds is 0. The van der Waals surface area contributed by atoms with Gasteiger partial charge in [0.05, 0.1) is 16.9 Å². The van der Waals surface area contributed by atoms with E-state index in [0.717, 1.165) is 56.4 Å². The third kappa shape index (κ3) is 11.8. The van der Waals surface area contributed by atoms with Crippen LogP contribution in [0.3, 0.4) is 0 Å². The van der Waals surface area contributed by atoms with Crippen molar-refractivity contribution in [2.75, 3.05) is 0 Å². The van der Waals surface area contributed by atoms with Gasteiger partial charge in [-0.1, -0.05) is 49.1 Å². The first-order valence-corrected chi connectivity index (χ1v) is 11.3. The summed E-state index contributed by atoms with van der Waals surface area (Å²) in [6.07, 6.45) is 18.9. The van der Waals surface area contributed by atoms with Gasteiger partial charge in [0.25, 0.3) is 0 Å². The lowest BCUT2D eigenvalue weighted by Crippen LogP contribution is -2.16. The summed E-state index contributed by atoms with van der Waals surface area (Å²) in [7, 11) is 0. The monoisotopic (exact) mass is 428 g/mol. The molecule has 0 aromatic rings. The first-order valence-electron chi connectivity index (χ1n) is 9.61. The van der Waals surface area contributed by atoms with E-state index in [2.05, 4.69) is 12.2 Å². The molecule has 0 saturated carbocycles. The average molecular weight is 430 g/mol. The molecule has 1 nitrogen and oxygen atoms in total. The second-order valence-corrected chi connectivity index (χ2v) is 9.02. The molecule has 1 N–H and O–H groups in total. The van der Waals surface area contributed by atoms with Crippen molar-refractivity contribution in [2.24, 2.45) is 0 Å². The van der Waals surface area contributed by atoms with Gasteiger partial charge in [-0.05, 0) is 57.8 Å². The normalized spacial score (nSPS) is 32.8. The summed E-state index contributed by atoms with van der Waals surface area (Å²) in [5.74, 6) is 0. The number of hydrogen-bond acceptors (Lipinski definition) is 1. The van der Waals surface area contributed by atoms with Crippen molar-refractivity contribution in [3.63, 3.8) is 0 Å². The van der Waals surface area contributed by atoms with Gasteiger partial charge in [-0.15, -0.1) is 34.8 Å². The largest absolute Gasteiger partial charge is 0.393 e. The topological polar surface area (TPSA) is 20.2 Å². The van der Waals surface area contributed by atoms with Crippen molar-refractivity contribution in [2.45, 2.75) is 99.3 Å². The van der Waals surface area contributed by atoms with Gasteiger partial charge < -0.3 is 5.11 Å². The van der Waals surface area contributed by atoms with Crippen LogP contribution in [0.25, 0.3) is 0 Å². The van der Waals surface area contributed by atoms with Gasteiger partial charge in [0.2, 0.25) is 0 Å². The van der Waals surface area contributed by atoms with Crippen molar-refractivity contribution >= 4 is 46.4 Å². The highest BCUT2D eigenvalue weighted by Gasteiger charge is 2.19. The molecule has 2 rings (SSSR count). The van der Waals surface area contributed by atoms with E-state index in [0.29, 0.717) is 0 Å². The maximum absolute atomic E-state index is 9.40. The highest BCUT2D eigenvalue weighted by atomic mass is 35.5. The van der Waals surface area contributed by atoms with Gasteiger partial charge in [-0.2, -0.15) is 0 Å². The number of allylic oxidation sites excluding steroid dienone is 4. The minimum atomic E-state index is -0.0487. The van der Waals surface area contributed by atoms with E-state index in [9.17, 15) is 5.11 Å². The van der Waals surface area contributed by atoms with Crippen LogP contribution in [-0.2, 0) is 0 Å². The molecule has 0 aliphatic heterocycles. The van der Waals surface area contributed by atoms with Crippen molar-refractivity contribution in [1.29, 1.82) is 0 Å². The lowest BCUT2D eigenvalue weighted by Gasteiger charge is -2.18. The van der Waals surface area contributed by atoms with Gasteiger partial charge in [-0.3, -0.25) is 0 Å². The van der Waals surface area contributed by atoms with E-state index >= 15 is 0 Å². The Kier molecular flexibility index (Phi) is 13.8. The standard InChI is InChI=1S/C10H14Cl4.C10H18O/c11-7-3-1-4-8(12)10(14)6-2-5-9(7)13;11-10-8-6-4-2-1-3-5-7-9-10/h3,8-10H,1-2,4-6H2;2,4,10-11H,1,3,5-9H2. The van der Waals surface area contributed by atoms with Gasteiger partial charge in [-0.25, -0.2) is 0 Å². The molecule has 2 aliphatic carbocycles. The fraction of sp³-hybridized carbons (Fsp3) is 0.800. The Hall–Kier alpha value is 0.600. The lowest BCUT2D eigenvalue weighted by atomic mass is 10.0. The van der Waals surface area contributed by atoms with Crippen molar-refractivity contribution in [3.05, 3.63) is 23.3 Å². The molecule has 0 fully saturated rings. The minimum Gasteiger partial charge on any atom is -0.393 e. The summed E-state index contributed by atoms with van der Waals surface area (Å²) in [4.78, 5) is 0. The Morgan fingerprint density at radius 2 is 1.44 bits per heavy atom. The predicted molar refractivity (Wildman–Crippen MR) is 113 cm³/mol. The molecular weight excluding hydrogens is 398 g/mol. The molecule has 0 aromatic heterocycles. The summed E-state index contributed by atoms with van der Waals surface area (Å²) in [5.41, 5.74) is 0. The Labute approximate surface area is 173 Å². The average Bonchev–Trinajstić information content (AvgIpc) is 2.60. The van der Waals surface area contributed by atoms with Crippen LogP contribution in [-0.4, -0.2) is 27.3 Å². The molecule has 0 bridgehead atoms. The van der Waals surface area contributed by atoms with Crippen molar-refractivity contribution in [1.82, 2.24) is 0 Å². The van der Waals surface area contributed by atoms with Crippen molar-refractivity contribution < 1.29 is 5.11 Å². The van der Waals surface area contributed by atoms with Crippen LogP contribution in [0, 0.1) is 0 Å². The van der Waals surface area contributed by atoms with E-state index in [4.69, 9.17) is 46.4 Å². The highest BCUT2D eigenvalue weighted by Crippen LogP contribution is 2.27. The molecule has 0 amide bonds. The van der Waals surface area contributed by atoms with E-state index in [1.54, 1.807) is 0 Å². The van der Waals surface area contributed by atoms with E-state index in [-0.39, 0.29) is 22.2 Å². The van der Waals surface area contributed by atoms with E-state index in [1.807, 2.05) is 6.08 Å². The zero-order valence-corrected chi connectivity index (χ0v) is 18.0. The molecule has 4 unspecified atom stereocenters. The molecule has 0 aromatic carbocycles. The number of alkyl halides is 3. The minimum absolute atomic E-state index is 0.0438. The molecule has 0 spiro atoms. The first kappa shape index (κ1) is 23.6. The van der Waals surface area contributed by atoms with Crippen LogP contribution in [0.1, 0.15) is 77.0 Å². The van der Waals surface area contributed by atoms with Crippen LogP contribution in [0.15, 0.2) is 23.3 Å². The SMILES string of the molecule is ClC1=CCCC(Cl)C(Cl)CCCC1Cl.OC1CCC=CCCCCC1. The van der Waals surface area contributed by atoms with E-state index < -0.39 is 0 Å².